The Labute approximate surface area is 139 Å². The van der Waals surface area contributed by atoms with Gasteiger partial charge in [-0.3, -0.25) is 0 Å². The zero-order valence-corrected chi connectivity index (χ0v) is 14.9. The Morgan fingerprint density at radius 2 is 1.43 bits per heavy atom. The van der Waals surface area contributed by atoms with E-state index in [-0.39, 0.29) is 6.10 Å². The first-order valence-electron chi connectivity index (χ1n) is 8.47. The second-order valence-corrected chi connectivity index (χ2v) is 5.77. The molecule has 1 N–H and O–H groups in total. The van der Waals surface area contributed by atoms with E-state index in [1.54, 1.807) is 0 Å². The lowest BCUT2D eigenvalue weighted by Gasteiger charge is -2.23. The molecule has 0 aliphatic heterocycles. The van der Waals surface area contributed by atoms with Crippen LogP contribution in [0, 0.1) is 0 Å². The van der Waals surface area contributed by atoms with Gasteiger partial charge in [0.1, 0.15) is 0 Å². The van der Waals surface area contributed by atoms with Crippen LogP contribution in [-0.2, 0) is 23.8 Å². The van der Waals surface area contributed by atoms with Crippen molar-refractivity contribution < 1.29 is 28.9 Å². The van der Waals surface area contributed by atoms with Gasteiger partial charge in [-0.2, -0.15) is 0 Å². The van der Waals surface area contributed by atoms with Crippen LogP contribution in [0.15, 0.2) is 0 Å². The van der Waals surface area contributed by atoms with E-state index in [0.29, 0.717) is 0 Å². The number of ether oxygens (including phenoxy) is 3. The van der Waals surface area contributed by atoms with E-state index in [2.05, 4.69) is 16.4 Å². The monoisotopic (exact) mass is 332 g/mol. The van der Waals surface area contributed by atoms with E-state index in [4.69, 9.17) is 4.74 Å². The Hall–Kier alpha value is -1.14. The predicted octanol–water partition coefficient (Wildman–Crippen LogP) is 2.61. The Balaban J connectivity index is 4.16. The van der Waals surface area contributed by atoms with Crippen molar-refractivity contribution >= 4 is 11.9 Å². The van der Waals surface area contributed by atoms with Crippen LogP contribution in [0.4, 0.5) is 0 Å². The highest BCUT2D eigenvalue weighted by Gasteiger charge is 2.36. The summed E-state index contributed by atoms with van der Waals surface area (Å²) < 4.78 is 14.5. The van der Waals surface area contributed by atoms with E-state index in [9.17, 15) is 14.7 Å². The molecule has 6 nitrogen and oxygen atoms in total. The van der Waals surface area contributed by atoms with Gasteiger partial charge in [-0.1, -0.05) is 51.9 Å². The molecule has 0 fully saturated rings. The lowest BCUT2D eigenvalue weighted by molar-refractivity contribution is -0.179. The Kier molecular flexibility index (Phi) is 12.7. The third-order valence-corrected chi connectivity index (χ3v) is 3.76. The number of carbonyl (C=O) groups is 2. The highest BCUT2D eigenvalue weighted by Crippen LogP contribution is 2.14. The molecule has 0 saturated heterocycles. The van der Waals surface area contributed by atoms with E-state index >= 15 is 0 Å². The summed E-state index contributed by atoms with van der Waals surface area (Å²) in [5.41, 5.74) is 0. The molecule has 6 heteroatoms. The Morgan fingerprint density at radius 3 is 1.96 bits per heavy atom. The number of rotatable bonds is 13. The molecule has 23 heavy (non-hydrogen) atoms. The summed E-state index contributed by atoms with van der Waals surface area (Å²) in [6, 6.07) is 0. The second kappa shape index (κ2) is 13.3. The van der Waals surface area contributed by atoms with Crippen molar-refractivity contribution in [3.8, 4) is 0 Å². The van der Waals surface area contributed by atoms with Crippen molar-refractivity contribution in [2.75, 3.05) is 14.2 Å². The average molecular weight is 332 g/mol. The van der Waals surface area contributed by atoms with E-state index in [1.165, 1.54) is 39.2 Å². The van der Waals surface area contributed by atoms with Crippen LogP contribution < -0.4 is 0 Å². The molecule has 0 saturated carbocycles. The van der Waals surface area contributed by atoms with Gasteiger partial charge in [0.15, 0.2) is 12.2 Å². The number of aliphatic hydroxyl groups excluding tert-OH is 1. The molecule has 3 atom stereocenters. The van der Waals surface area contributed by atoms with E-state index < -0.39 is 24.1 Å². The molecule has 0 aromatic carbocycles. The molecule has 0 rings (SSSR count). The zero-order chi connectivity index (χ0) is 17.7. The maximum atomic E-state index is 11.7. The van der Waals surface area contributed by atoms with Crippen LogP contribution in [0.3, 0.4) is 0 Å². The molecule has 0 heterocycles. The van der Waals surface area contributed by atoms with Crippen LogP contribution in [0.5, 0.6) is 0 Å². The highest BCUT2D eigenvalue weighted by molar-refractivity contribution is 5.85. The van der Waals surface area contributed by atoms with Crippen molar-refractivity contribution in [2.45, 2.75) is 83.5 Å². The molecular weight excluding hydrogens is 300 g/mol. The molecule has 0 aliphatic rings. The van der Waals surface area contributed by atoms with Crippen LogP contribution in [0.2, 0.25) is 0 Å². The smallest absolute Gasteiger partial charge is 0.338 e. The van der Waals surface area contributed by atoms with Crippen LogP contribution >= 0.6 is 0 Å². The lowest BCUT2D eigenvalue weighted by atomic mass is 10.1. The molecule has 0 unspecified atom stereocenters. The molecular formula is C17H32O6. The van der Waals surface area contributed by atoms with E-state index in [0.717, 1.165) is 26.4 Å². The van der Waals surface area contributed by atoms with Gasteiger partial charge in [-0.05, 0) is 13.3 Å². The van der Waals surface area contributed by atoms with E-state index in [1.807, 2.05) is 6.92 Å². The van der Waals surface area contributed by atoms with Crippen molar-refractivity contribution in [1.29, 1.82) is 0 Å². The van der Waals surface area contributed by atoms with Gasteiger partial charge >= 0.3 is 11.9 Å². The maximum Gasteiger partial charge on any atom is 0.338 e. The van der Waals surface area contributed by atoms with Crippen LogP contribution in [0.25, 0.3) is 0 Å². The molecule has 0 spiro atoms. The number of hydrogen-bond donors (Lipinski definition) is 1. The molecule has 0 aliphatic carbocycles. The molecule has 0 aromatic heterocycles. The summed E-state index contributed by atoms with van der Waals surface area (Å²) >= 11 is 0. The van der Waals surface area contributed by atoms with Crippen molar-refractivity contribution in [1.82, 2.24) is 0 Å². The summed E-state index contributed by atoms with van der Waals surface area (Å²) in [7, 11) is 2.32. The summed E-state index contributed by atoms with van der Waals surface area (Å²) in [4.78, 5) is 23.1. The first-order valence-corrected chi connectivity index (χ1v) is 8.47. The maximum absolute atomic E-state index is 11.7. The summed E-state index contributed by atoms with van der Waals surface area (Å²) in [6.45, 7) is 4.01. The SMILES string of the molecule is CCCCCCCCC[C@@H](C)O[C@@H](C(=O)OC)[C@@H](O)C(=O)OC. The summed E-state index contributed by atoms with van der Waals surface area (Å²) in [5, 5.41) is 9.82. The van der Waals surface area contributed by atoms with Gasteiger partial charge < -0.3 is 19.3 Å². The van der Waals surface area contributed by atoms with Gasteiger partial charge in [-0.25, -0.2) is 9.59 Å². The second-order valence-electron chi connectivity index (χ2n) is 5.77. The molecule has 0 bridgehead atoms. The fourth-order valence-electron chi connectivity index (χ4n) is 2.33. The highest BCUT2D eigenvalue weighted by atomic mass is 16.6. The standard InChI is InChI=1S/C17H32O6/c1-5-6-7-8-9-10-11-12-13(2)23-15(17(20)22-4)14(18)16(19)21-3/h13-15,18H,5-12H2,1-4H3/t13-,14-,15-/m1/s1. The van der Waals surface area contributed by atoms with Crippen molar-refractivity contribution in [2.24, 2.45) is 0 Å². The summed E-state index contributed by atoms with van der Waals surface area (Å²) in [5.74, 6) is -1.70. The number of hydrogen-bond acceptors (Lipinski definition) is 6. The van der Waals surface area contributed by atoms with Gasteiger partial charge in [0.2, 0.25) is 0 Å². The third-order valence-electron chi connectivity index (χ3n) is 3.76. The largest absolute Gasteiger partial charge is 0.467 e. The quantitative estimate of drug-likeness (QED) is 0.412. The third kappa shape index (κ3) is 9.56. The average Bonchev–Trinajstić information content (AvgIpc) is 2.56. The van der Waals surface area contributed by atoms with Crippen LogP contribution in [-0.4, -0.2) is 49.6 Å². The minimum Gasteiger partial charge on any atom is -0.467 e. The predicted molar refractivity (Wildman–Crippen MR) is 87.0 cm³/mol. The number of carbonyl (C=O) groups excluding carboxylic acids is 2. The normalized spacial score (nSPS) is 14.8. The lowest BCUT2D eigenvalue weighted by Crippen LogP contribution is -2.44. The van der Waals surface area contributed by atoms with Gasteiger partial charge in [0.05, 0.1) is 20.3 Å². The number of aliphatic hydroxyl groups is 1. The fourth-order valence-corrected chi connectivity index (χ4v) is 2.33. The Morgan fingerprint density at radius 1 is 0.913 bits per heavy atom. The summed E-state index contributed by atoms with van der Waals surface area (Å²) in [6.07, 6.45) is 5.80. The zero-order valence-electron chi connectivity index (χ0n) is 14.9. The Bertz CT molecular complexity index is 331. The van der Waals surface area contributed by atoms with Gasteiger partial charge in [0, 0.05) is 0 Å². The molecule has 136 valence electrons. The first-order chi connectivity index (χ1) is 11.0. The van der Waals surface area contributed by atoms with Crippen molar-refractivity contribution in [3.63, 3.8) is 0 Å². The minimum absolute atomic E-state index is 0.256. The number of methoxy groups -OCH3 is 2. The minimum atomic E-state index is -1.68. The van der Waals surface area contributed by atoms with Gasteiger partial charge in [-0.15, -0.1) is 0 Å². The first kappa shape index (κ1) is 21.9. The molecule has 0 amide bonds. The van der Waals surface area contributed by atoms with Crippen LogP contribution in [0.1, 0.15) is 65.2 Å². The topological polar surface area (TPSA) is 82.1 Å². The molecule has 0 aromatic rings. The van der Waals surface area contributed by atoms with Gasteiger partial charge in [0.25, 0.3) is 0 Å². The molecule has 0 radical (unpaired) electrons. The van der Waals surface area contributed by atoms with Crippen molar-refractivity contribution in [3.05, 3.63) is 0 Å². The number of unbranched alkanes of at least 4 members (excludes halogenated alkanes) is 6. The fraction of sp³-hybridized carbons (Fsp3) is 0.882. The number of esters is 2.